The third kappa shape index (κ3) is 5.85. The van der Waals surface area contributed by atoms with Crippen LogP contribution in [0.5, 0.6) is 0 Å². The van der Waals surface area contributed by atoms with Crippen molar-refractivity contribution in [2.75, 3.05) is 4.90 Å². The Hall–Kier alpha value is -8.10. The van der Waals surface area contributed by atoms with Gasteiger partial charge in [0.05, 0.1) is 40.3 Å². The van der Waals surface area contributed by atoms with Gasteiger partial charge in [0.1, 0.15) is 0 Å². The molecular weight excluding hydrogens is 725 g/mol. The Balaban J connectivity index is 1.19. The fourth-order valence-electron chi connectivity index (χ4n) is 8.39. The van der Waals surface area contributed by atoms with Gasteiger partial charge in [-0.1, -0.05) is 109 Å². The number of aromatic nitrogens is 6. The predicted octanol–water partition coefficient (Wildman–Crippen LogP) is 12.1. The van der Waals surface area contributed by atoms with E-state index in [1.54, 1.807) is 0 Å². The van der Waals surface area contributed by atoms with Crippen LogP contribution in [0.25, 0.3) is 84.2 Å². The van der Waals surface area contributed by atoms with Gasteiger partial charge >= 0.3 is 0 Å². The average Bonchev–Trinajstić information content (AvgIpc) is 3.67. The van der Waals surface area contributed by atoms with Gasteiger partial charge in [0.15, 0.2) is 11.6 Å². The van der Waals surface area contributed by atoms with Gasteiger partial charge in [-0.2, -0.15) is 9.97 Å². The molecule has 0 N–H and O–H groups in total. The predicted molar refractivity (Wildman–Crippen MR) is 238 cm³/mol. The molecule has 278 valence electrons. The van der Waals surface area contributed by atoms with E-state index in [1.807, 2.05) is 85.2 Å². The number of benzene rings is 6. The summed E-state index contributed by atoms with van der Waals surface area (Å²) in [7, 11) is 0. The summed E-state index contributed by atoms with van der Waals surface area (Å²) in [5.41, 5.74) is 13.9. The lowest BCUT2D eigenvalue weighted by Crippen LogP contribution is -2.22. The van der Waals surface area contributed by atoms with Crippen molar-refractivity contribution in [1.82, 2.24) is 29.5 Å². The Morgan fingerprint density at radius 3 is 1.78 bits per heavy atom. The number of anilines is 2. The molecule has 10 aromatic rings. The zero-order valence-corrected chi connectivity index (χ0v) is 31.8. The molecule has 0 spiro atoms. The number of hydrogen-bond acceptors (Lipinski definition) is 7. The second-order valence-electron chi connectivity index (χ2n) is 14.5. The second kappa shape index (κ2) is 14.1. The van der Waals surface area contributed by atoms with Crippen molar-refractivity contribution in [2.24, 2.45) is 4.99 Å². The molecule has 0 atom stereocenters. The largest absolute Gasteiger partial charge is 0.335 e. The molecule has 5 heterocycles. The molecule has 0 unspecified atom stereocenters. The maximum Gasteiger partial charge on any atom is 0.238 e. The van der Waals surface area contributed by atoms with Crippen molar-refractivity contribution in [3.05, 3.63) is 188 Å². The molecule has 0 aliphatic carbocycles. The van der Waals surface area contributed by atoms with Gasteiger partial charge in [-0.05, 0) is 72.9 Å². The van der Waals surface area contributed by atoms with Gasteiger partial charge in [-0.3, -0.25) is 19.5 Å². The number of rotatable bonds is 7. The molecule has 4 aromatic heterocycles. The van der Waals surface area contributed by atoms with Crippen molar-refractivity contribution in [1.29, 1.82) is 0 Å². The van der Waals surface area contributed by atoms with Crippen molar-refractivity contribution in [3.8, 4) is 62.4 Å². The van der Waals surface area contributed by atoms with Gasteiger partial charge in [-0.25, -0.2) is 4.98 Å². The monoisotopic (exact) mass is 758 g/mol. The molecule has 8 heteroatoms. The molecule has 0 bridgehead atoms. The van der Waals surface area contributed by atoms with Crippen LogP contribution in [-0.2, 0) is 6.54 Å². The van der Waals surface area contributed by atoms with Crippen LogP contribution in [0, 0.1) is 0 Å². The van der Waals surface area contributed by atoms with Crippen LogP contribution in [0.1, 0.15) is 5.56 Å². The van der Waals surface area contributed by atoms with Crippen LogP contribution in [-0.4, -0.2) is 36.2 Å². The van der Waals surface area contributed by atoms with Crippen LogP contribution in [0.2, 0.25) is 0 Å². The summed E-state index contributed by atoms with van der Waals surface area (Å²) >= 11 is 0. The highest BCUT2D eigenvalue weighted by molar-refractivity contribution is 6.12. The highest BCUT2D eigenvalue weighted by Gasteiger charge is 2.29. The van der Waals surface area contributed by atoms with Gasteiger partial charge in [0.25, 0.3) is 0 Å². The molecule has 0 saturated carbocycles. The standard InChI is InChI=1S/C51H34N8/c1-52-44-22-4-7-25-47(44)58-32-41-37(38-18-2-5-23-45(38)58)26-27-40-39-19-3-6-24-46(39)59(48(40)41)51-56-49(35-16-12-14-33(30-35)42-20-8-10-28-53-42)55-50(57-51)36-17-13-15-34(31-36)43-21-9-11-29-54-43/h2-31H,1,32H2. The molecule has 8 nitrogen and oxygen atoms in total. The SMILES string of the molecule is C=Nc1ccccc1N1Cc2c(ccc3c4ccccc4n(-c4nc(-c5cccc(-c6ccccn6)c5)nc(-c5cccc(-c6ccccn6)c5)n4)c23)-c2ccccc21. The molecular formula is C51H34N8. The van der Waals surface area contributed by atoms with E-state index >= 15 is 0 Å². The Bertz CT molecular complexity index is 3130. The summed E-state index contributed by atoms with van der Waals surface area (Å²) in [6, 6.07) is 58.1. The number of fused-ring (bicyclic) bond motifs is 7. The maximum atomic E-state index is 5.36. The lowest BCUT2D eigenvalue weighted by atomic mass is 9.91. The lowest BCUT2D eigenvalue weighted by molar-refractivity contribution is 0.929. The van der Waals surface area contributed by atoms with Crippen LogP contribution >= 0.6 is 0 Å². The van der Waals surface area contributed by atoms with E-state index in [-0.39, 0.29) is 0 Å². The number of pyridine rings is 2. The molecule has 1 aliphatic rings. The number of para-hydroxylation sites is 4. The summed E-state index contributed by atoms with van der Waals surface area (Å²) in [6.45, 7) is 4.51. The normalized spacial score (nSPS) is 12.0. The van der Waals surface area contributed by atoms with E-state index in [2.05, 4.69) is 128 Å². The topological polar surface area (TPSA) is 85.0 Å². The Kier molecular flexibility index (Phi) is 8.18. The molecule has 11 rings (SSSR count). The number of aliphatic imine (C=N–C) groups is 1. The fourth-order valence-corrected chi connectivity index (χ4v) is 8.39. The number of nitrogens with zero attached hydrogens (tertiary/aromatic N) is 8. The van der Waals surface area contributed by atoms with E-state index in [0.29, 0.717) is 24.1 Å². The van der Waals surface area contributed by atoms with Crippen LogP contribution < -0.4 is 4.90 Å². The van der Waals surface area contributed by atoms with E-state index in [0.717, 1.165) is 89.2 Å². The smallest absolute Gasteiger partial charge is 0.238 e. The molecule has 0 saturated heterocycles. The third-order valence-corrected chi connectivity index (χ3v) is 11.1. The van der Waals surface area contributed by atoms with Crippen molar-refractivity contribution in [3.63, 3.8) is 0 Å². The lowest BCUT2D eigenvalue weighted by Gasteiger charge is -2.34. The van der Waals surface area contributed by atoms with E-state index in [4.69, 9.17) is 15.0 Å². The molecule has 0 radical (unpaired) electrons. The Morgan fingerprint density at radius 1 is 0.492 bits per heavy atom. The summed E-state index contributed by atoms with van der Waals surface area (Å²) < 4.78 is 2.23. The molecule has 1 aliphatic heterocycles. The maximum absolute atomic E-state index is 5.36. The van der Waals surface area contributed by atoms with Crippen molar-refractivity contribution in [2.45, 2.75) is 6.54 Å². The third-order valence-electron chi connectivity index (χ3n) is 11.1. The molecule has 59 heavy (non-hydrogen) atoms. The van der Waals surface area contributed by atoms with Crippen LogP contribution in [0.15, 0.2) is 187 Å². The zero-order chi connectivity index (χ0) is 39.3. The minimum absolute atomic E-state index is 0.523. The van der Waals surface area contributed by atoms with E-state index in [1.165, 1.54) is 0 Å². The summed E-state index contributed by atoms with van der Waals surface area (Å²) in [6.07, 6.45) is 3.62. The highest BCUT2D eigenvalue weighted by atomic mass is 15.2. The highest BCUT2D eigenvalue weighted by Crippen LogP contribution is 2.48. The number of hydrogen-bond donors (Lipinski definition) is 0. The molecule has 0 fully saturated rings. The zero-order valence-electron chi connectivity index (χ0n) is 31.8. The van der Waals surface area contributed by atoms with Crippen LogP contribution in [0.3, 0.4) is 0 Å². The fraction of sp³-hybridized carbons (Fsp3) is 0.0196. The summed E-state index contributed by atoms with van der Waals surface area (Å²) in [5, 5.41) is 2.23. The van der Waals surface area contributed by atoms with Crippen LogP contribution in [0.4, 0.5) is 17.1 Å². The first-order valence-corrected chi connectivity index (χ1v) is 19.5. The first-order chi connectivity index (χ1) is 29.2. The minimum Gasteiger partial charge on any atom is -0.335 e. The van der Waals surface area contributed by atoms with Gasteiger partial charge in [0.2, 0.25) is 5.95 Å². The minimum atomic E-state index is 0.523. The first kappa shape index (κ1) is 34.2. The van der Waals surface area contributed by atoms with E-state index < -0.39 is 0 Å². The average molecular weight is 759 g/mol. The Labute approximate surface area is 340 Å². The summed E-state index contributed by atoms with van der Waals surface area (Å²) in [5.74, 6) is 1.63. The van der Waals surface area contributed by atoms with Crippen molar-refractivity contribution < 1.29 is 0 Å². The Morgan fingerprint density at radius 2 is 1.10 bits per heavy atom. The van der Waals surface area contributed by atoms with Crippen molar-refractivity contribution >= 4 is 45.6 Å². The molecule has 6 aromatic carbocycles. The van der Waals surface area contributed by atoms with Gasteiger partial charge in [0, 0.05) is 62.2 Å². The quantitative estimate of drug-likeness (QED) is 0.150. The molecule has 0 amide bonds. The first-order valence-electron chi connectivity index (χ1n) is 19.5. The summed E-state index contributed by atoms with van der Waals surface area (Å²) in [4.78, 5) is 32.0. The van der Waals surface area contributed by atoms with Gasteiger partial charge in [-0.15, -0.1) is 0 Å². The second-order valence-corrected chi connectivity index (χ2v) is 14.5. The van der Waals surface area contributed by atoms with E-state index in [9.17, 15) is 0 Å². The van der Waals surface area contributed by atoms with Gasteiger partial charge < -0.3 is 4.90 Å².